The Morgan fingerprint density at radius 2 is 2.15 bits per heavy atom. The first-order valence-electron chi connectivity index (χ1n) is 4.69. The zero-order chi connectivity index (χ0) is 9.90. The zero-order valence-corrected chi connectivity index (χ0v) is 8.68. The fourth-order valence-corrected chi connectivity index (χ4v) is 2.53. The lowest BCUT2D eigenvalue weighted by Gasteiger charge is -2.06. The van der Waals surface area contributed by atoms with Crippen molar-refractivity contribution in [2.75, 3.05) is 6.54 Å². The summed E-state index contributed by atoms with van der Waals surface area (Å²) in [6, 6.07) is 0. The molecular formula is C8H17NO3S. The molecule has 0 radical (unpaired) electrons. The molecule has 1 unspecified atom stereocenters. The van der Waals surface area contributed by atoms with Crippen molar-refractivity contribution in [3.05, 3.63) is 0 Å². The van der Waals surface area contributed by atoms with Crippen LogP contribution in [0.2, 0.25) is 0 Å². The molecule has 0 aromatic heterocycles. The second-order valence-corrected chi connectivity index (χ2v) is 5.68. The predicted molar refractivity (Wildman–Crippen MR) is 50.9 cm³/mol. The third-order valence-electron chi connectivity index (χ3n) is 2.07. The normalized spacial score (nSPS) is 20.2. The van der Waals surface area contributed by atoms with Crippen molar-refractivity contribution in [1.82, 2.24) is 4.72 Å². The minimum atomic E-state index is -3.02. The molecule has 0 bridgehead atoms. The molecule has 0 amide bonds. The van der Waals surface area contributed by atoms with E-state index < -0.39 is 10.0 Å². The summed E-state index contributed by atoms with van der Waals surface area (Å²) >= 11 is 0. The number of hydrogen-bond acceptors (Lipinski definition) is 3. The van der Waals surface area contributed by atoms with Crippen LogP contribution in [0.25, 0.3) is 0 Å². The number of aliphatic hydroxyl groups is 1. The van der Waals surface area contributed by atoms with E-state index in [1.54, 1.807) is 6.92 Å². The third kappa shape index (κ3) is 4.06. The van der Waals surface area contributed by atoms with E-state index in [0.29, 0.717) is 19.4 Å². The summed E-state index contributed by atoms with van der Waals surface area (Å²) in [5.74, 6) is 0. The number of hydrogen-bond donors (Lipinski definition) is 2. The van der Waals surface area contributed by atoms with Crippen LogP contribution in [0.3, 0.4) is 0 Å². The maximum Gasteiger partial charge on any atom is 0.214 e. The highest BCUT2D eigenvalue weighted by Crippen LogP contribution is 2.27. The molecule has 0 saturated heterocycles. The Kier molecular flexibility index (Phi) is 3.70. The molecule has 13 heavy (non-hydrogen) atoms. The van der Waals surface area contributed by atoms with E-state index in [9.17, 15) is 8.42 Å². The second-order valence-electron chi connectivity index (χ2n) is 3.63. The van der Waals surface area contributed by atoms with E-state index in [-0.39, 0.29) is 11.4 Å². The van der Waals surface area contributed by atoms with Crippen molar-refractivity contribution in [3.8, 4) is 0 Å². The molecule has 1 fully saturated rings. The number of aliphatic hydroxyl groups excluding tert-OH is 1. The van der Waals surface area contributed by atoms with Crippen LogP contribution in [0.5, 0.6) is 0 Å². The molecule has 1 rings (SSSR count). The van der Waals surface area contributed by atoms with Gasteiger partial charge in [-0.2, -0.15) is 0 Å². The van der Waals surface area contributed by atoms with Gasteiger partial charge in [0.25, 0.3) is 0 Å². The first-order valence-corrected chi connectivity index (χ1v) is 6.23. The molecule has 0 heterocycles. The van der Waals surface area contributed by atoms with Gasteiger partial charge in [-0.3, -0.25) is 0 Å². The lowest BCUT2D eigenvalue weighted by molar-refractivity contribution is 0.182. The topological polar surface area (TPSA) is 66.4 Å². The summed E-state index contributed by atoms with van der Waals surface area (Å²) in [5, 5.41) is 8.79. The highest BCUT2D eigenvalue weighted by Gasteiger charge is 2.34. The van der Waals surface area contributed by atoms with Crippen LogP contribution in [0.15, 0.2) is 0 Å². The maximum atomic E-state index is 11.3. The van der Waals surface area contributed by atoms with Crippen LogP contribution in [-0.2, 0) is 10.0 Å². The highest BCUT2D eigenvalue weighted by atomic mass is 32.2. The van der Waals surface area contributed by atoms with Gasteiger partial charge in [-0.05, 0) is 32.6 Å². The second kappa shape index (κ2) is 4.39. The van der Waals surface area contributed by atoms with Crippen LogP contribution in [0.1, 0.15) is 32.6 Å². The minimum Gasteiger partial charge on any atom is -0.393 e. The van der Waals surface area contributed by atoms with Crippen molar-refractivity contribution < 1.29 is 13.5 Å². The molecule has 0 aromatic carbocycles. The monoisotopic (exact) mass is 207 g/mol. The fourth-order valence-electron chi connectivity index (χ4n) is 1.11. The standard InChI is InChI=1S/C8H17NO3S/c1-7(10)3-2-6-9-13(11,12)8-4-5-8/h7-10H,2-6H2,1H3. The maximum absolute atomic E-state index is 11.3. The zero-order valence-electron chi connectivity index (χ0n) is 7.86. The fraction of sp³-hybridized carbons (Fsp3) is 1.00. The van der Waals surface area contributed by atoms with E-state index in [2.05, 4.69) is 4.72 Å². The van der Waals surface area contributed by atoms with Gasteiger partial charge in [0, 0.05) is 6.54 Å². The Bertz CT molecular complexity index is 244. The Balaban J connectivity index is 2.11. The summed E-state index contributed by atoms with van der Waals surface area (Å²) in [6.45, 7) is 2.15. The van der Waals surface area contributed by atoms with Crippen molar-refractivity contribution in [2.24, 2.45) is 0 Å². The van der Waals surface area contributed by atoms with Gasteiger partial charge in [0.1, 0.15) is 0 Å². The first kappa shape index (κ1) is 10.9. The first-order chi connectivity index (χ1) is 6.02. The van der Waals surface area contributed by atoms with Gasteiger partial charge in [0.05, 0.1) is 11.4 Å². The molecule has 0 spiro atoms. The summed E-state index contributed by atoms with van der Waals surface area (Å²) in [5.41, 5.74) is 0. The largest absolute Gasteiger partial charge is 0.393 e. The van der Waals surface area contributed by atoms with Gasteiger partial charge in [-0.25, -0.2) is 13.1 Å². The Morgan fingerprint density at radius 1 is 1.54 bits per heavy atom. The molecule has 1 aliphatic rings. The summed E-state index contributed by atoms with van der Waals surface area (Å²) in [7, 11) is -3.02. The molecule has 1 saturated carbocycles. The van der Waals surface area contributed by atoms with E-state index in [1.807, 2.05) is 0 Å². The SMILES string of the molecule is CC(O)CCCNS(=O)(=O)C1CC1. The smallest absolute Gasteiger partial charge is 0.214 e. The van der Waals surface area contributed by atoms with E-state index in [0.717, 1.165) is 12.8 Å². The Morgan fingerprint density at radius 3 is 2.62 bits per heavy atom. The van der Waals surface area contributed by atoms with Crippen LogP contribution >= 0.6 is 0 Å². The average Bonchev–Trinajstić information content (AvgIpc) is 2.79. The molecule has 0 aliphatic heterocycles. The Labute approximate surface area is 79.4 Å². The molecule has 5 heteroatoms. The van der Waals surface area contributed by atoms with E-state index in [4.69, 9.17) is 5.11 Å². The highest BCUT2D eigenvalue weighted by molar-refractivity contribution is 7.90. The van der Waals surface area contributed by atoms with Gasteiger partial charge in [0.2, 0.25) is 10.0 Å². The van der Waals surface area contributed by atoms with E-state index >= 15 is 0 Å². The van der Waals surface area contributed by atoms with Gasteiger partial charge < -0.3 is 5.11 Å². The van der Waals surface area contributed by atoms with Gasteiger partial charge in [0.15, 0.2) is 0 Å². The summed E-state index contributed by atoms with van der Waals surface area (Å²) in [6.07, 6.45) is 2.60. The molecule has 1 aliphatic carbocycles. The predicted octanol–water partition coefficient (Wildman–Crippen LogP) is 0.229. The van der Waals surface area contributed by atoms with Crippen molar-refractivity contribution >= 4 is 10.0 Å². The third-order valence-corrected chi connectivity index (χ3v) is 4.02. The van der Waals surface area contributed by atoms with Gasteiger partial charge in [-0.1, -0.05) is 0 Å². The average molecular weight is 207 g/mol. The van der Waals surface area contributed by atoms with Gasteiger partial charge >= 0.3 is 0 Å². The minimum absolute atomic E-state index is 0.140. The van der Waals surface area contributed by atoms with E-state index in [1.165, 1.54) is 0 Å². The van der Waals surface area contributed by atoms with Gasteiger partial charge in [-0.15, -0.1) is 0 Å². The van der Waals surface area contributed by atoms with Crippen LogP contribution in [0.4, 0.5) is 0 Å². The lowest BCUT2D eigenvalue weighted by atomic mass is 10.2. The molecule has 2 N–H and O–H groups in total. The van der Waals surface area contributed by atoms with Crippen LogP contribution in [-0.4, -0.2) is 31.4 Å². The van der Waals surface area contributed by atoms with Crippen molar-refractivity contribution in [1.29, 1.82) is 0 Å². The van der Waals surface area contributed by atoms with Crippen LogP contribution in [0, 0.1) is 0 Å². The quantitative estimate of drug-likeness (QED) is 0.613. The van der Waals surface area contributed by atoms with Crippen molar-refractivity contribution in [3.63, 3.8) is 0 Å². The molecule has 78 valence electrons. The summed E-state index contributed by atoms with van der Waals surface area (Å²) in [4.78, 5) is 0. The van der Waals surface area contributed by atoms with Crippen LogP contribution < -0.4 is 4.72 Å². The summed E-state index contributed by atoms with van der Waals surface area (Å²) < 4.78 is 25.1. The van der Waals surface area contributed by atoms with Crippen molar-refractivity contribution in [2.45, 2.75) is 44.0 Å². The molecular weight excluding hydrogens is 190 g/mol. The molecule has 4 nitrogen and oxygen atoms in total. The number of sulfonamides is 1. The lowest BCUT2D eigenvalue weighted by Crippen LogP contribution is -2.28. The molecule has 1 atom stereocenters. The molecule has 0 aromatic rings. The number of nitrogens with one attached hydrogen (secondary N) is 1. The number of rotatable bonds is 6. The Hall–Kier alpha value is -0.130.